The molecule has 0 bridgehead atoms. The summed E-state index contributed by atoms with van der Waals surface area (Å²) < 4.78 is 19.0. The second-order valence-corrected chi connectivity index (χ2v) is 8.13. The Hall–Kier alpha value is -2.77. The number of rotatable bonds is 5. The third kappa shape index (κ3) is 4.31. The fourth-order valence-corrected chi connectivity index (χ4v) is 4.55. The van der Waals surface area contributed by atoms with Crippen LogP contribution in [0.4, 0.5) is 10.1 Å². The summed E-state index contributed by atoms with van der Waals surface area (Å²) in [4.78, 5) is 20.5. The van der Waals surface area contributed by atoms with E-state index in [2.05, 4.69) is 10.2 Å². The summed E-state index contributed by atoms with van der Waals surface area (Å²) in [6.45, 7) is 3.38. The van der Waals surface area contributed by atoms with E-state index in [1.54, 1.807) is 37.5 Å². The summed E-state index contributed by atoms with van der Waals surface area (Å²) in [5.74, 6) is 0.349. The molecule has 0 radical (unpaired) electrons. The van der Waals surface area contributed by atoms with Crippen LogP contribution in [0, 0.1) is 12.7 Å². The molecule has 0 spiro atoms. The number of fused-ring (bicyclic) bond motifs is 1. The third-order valence-electron chi connectivity index (χ3n) is 5.04. The van der Waals surface area contributed by atoms with Crippen LogP contribution < -0.4 is 10.1 Å². The lowest BCUT2D eigenvalue weighted by molar-refractivity contribution is -0.117. The van der Waals surface area contributed by atoms with Gasteiger partial charge in [-0.1, -0.05) is 18.2 Å². The van der Waals surface area contributed by atoms with Gasteiger partial charge in [0.2, 0.25) is 5.91 Å². The minimum absolute atomic E-state index is 0.139. The Morgan fingerprint density at radius 2 is 2.14 bits per heavy atom. The van der Waals surface area contributed by atoms with E-state index < -0.39 is 0 Å². The van der Waals surface area contributed by atoms with Crippen LogP contribution in [0.15, 0.2) is 42.5 Å². The molecule has 1 aliphatic heterocycles. The second kappa shape index (κ2) is 8.31. The number of carbonyl (C=O) groups excluding carboxylic acids is 1. The predicted molar refractivity (Wildman–Crippen MR) is 113 cm³/mol. The molecule has 1 aromatic heterocycles. The summed E-state index contributed by atoms with van der Waals surface area (Å²) in [7, 11) is 1.65. The number of benzene rings is 2. The minimum Gasteiger partial charge on any atom is -0.497 e. The highest BCUT2D eigenvalue weighted by atomic mass is 32.1. The molecule has 2 heterocycles. The number of methoxy groups -OCH3 is 1. The number of aromatic nitrogens is 1. The number of nitrogens with one attached hydrogen (secondary N) is 1. The number of halogens is 1. The molecule has 0 unspecified atom stereocenters. The summed E-state index contributed by atoms with van der Waals surface area (Å²) in [6.07, 6.45) is 0.808. The van der Waals surface area contributed by atoms with Gasteiger partial charge in [-0.3, -0.25) is 9.69 Å². The number of amides is 1. The van der Waals surface area contributed by atoms with Gasteiger partial charge in [-0.05, 0) is 31.2 Å². The van der Waals surface area contributed by atoms with Crippen molar-refractivity contribution in [1.29, 1.82) is 0 Å². The van der Waals surface area contributed by atoms with Gasteiger partial charge in [0.1, 0.15) is 16.6 Å². The van der Waals surface area contributed by atoms with E-state index >= 15 is 0 Å². The molecular formula is C22H22FN3O2S. The molecule has 4 rings (SSSR count). The van der Waals surface area contributed by atoms with Crippen molar-refractivity contribution < 1.29 is 13.9 Å². The van der Waals surface area contributed by atoms with Crippen LogP contribution in [-0.4, -0.2) is 36.0 Å². The van der Waals surface area contributed by atoms with Gasteiger partial charge in [0.25, 0.3) is 0 Å². The van der Waals surface area contributed by atoms with Crippen molar-refractivity contribution in [3.8, 4) is 16.3 Å². The normalized spacial score (nSPS) is 13.8. The smallest absolute Gasteiger partial charge is 0.238 e. The molecule has 1 amide bonds. The molecule has 29 heavy (non-hydrogen) atoms. The zero-order chi connectivity index (χ0) is 20.4. The molecular weight excluding hydrogens is 389 g/mol. The van der Waals surface area contributed by atoms with Crippen molar-refractivity contribution in [3.05, 3.63) is 64.4 Å². The van der Waals surface area contributed by atoms with Crippen molar-refractivity contribution in [2.24, 2.45) is 0 Å². The van der Waals surface area contributed by atoms with Crippen LogP contribution in [0.3, 0.4) is 0 Å². The van der Waals surface area contributed by atoms with Gasteiger partial charge in [0.05, 0.1) is 19.3 Å². The fraction of sp³-hybridized carbons (Fsp3) is 0.273. The number of thiazole rings is 1. The standard InChI is InChI=1S/C22H22FN3O2S/c1-14-17(23)7-4-8-18(14)24-21(27)13-26-10-9-19-20(12-26)29-22(25-19)15-5-3-6-16(11-15)28-2/h3-8,11H,9-10,12-13H2,1-2H3,(H,24,27). The van der Waals surface area contributed by atoms with E-state index in [1.165, 1.54) is 10.9 Å². The Kier molecular flexibility index (Phi) is 5.60. The maximum absolute atomic E-state index is 13.7. The largest absolute Gasteiger partial charge is 0.497 e. The molecule has 7 heteroatoms. The molecule has 3 aromatic rings. The highest BCUT2D eigenvalue weighted by Gasteiger charge is 2.23. The van der Waals surface area contributed by atoms with Crippen LogP contribution in [0.2, 0.25) is 0 Å². The molecule has 0 fully saturated rings. The van der Waals surface area contributed by atoms with E-state index in [0.717, 1.165) is 35.0 Å². The van der Waals surface area contributed by atoms with Crippen LogP contribution in [-0.2, 0) is 17.8 Å². The first-order chi connectivity index (χ1) is 14.0. The number of anilines is 1. The van der Waals surface area contributed by atoms with E-state index in [-0.39, 0.29) is 18.3 Å². The molecule has 0 saturated carbocycles. The molecule has 1 N–H and O–H groups in total. The fourth-order valence-electron chi connectivity index (χ4n) is 3.40. The SMILES string of the molecule is COc1cccc(-c2nc3c(s2)CN(CC(=O)Nc2cccc(F)c2C)CC3)c1. The van der Waals surface area contributed by atoms with Crippen molar-refractivity contribution in [2.45, 2.75) is 19.9 Å². The number of hydrogen-bond donors (Lipinski definition) is 1. The maximum Gasteiger partial charge on any atom is 0.238 e. The lowest BCUT2D eigenvalue weighted by Crippen LogP contribution is -2.36. The Labute approximate surface area is 173 Å². The van der Waals surface area contributed by atoms with Gasteiger partial charge < -0.3 is 10.1 Å². The summed E-state index contributed by atoms with van der Waals surface area (Å²) in [5.41, 5.74) is 3.11. The van der Waals surface area contributed by atoms with Crippen LogP contribution in [0.5, 0.6) is 5.75 Å². The molecule has 5 nitrogen and oxygen atoms in total. The average molecular weight is 412 g/mol. The number of ether oxygens (including phenoxy) is 1. The first-order valence-electron chi connectivity index (χ1n) is 9.44. The lowest BCUT2D eigenvalue weighted by Gasteiger charge is -2.25. The zero-order valence-corrected chi connectivity index (χ0v) is 17.2. The highest BCUT2D eigenvalue weighted by molar-refractivity contribution is 7.15. The Bertz CT molecular complexity index is 1050. The van der Waals surface area contributed by atoms with Crippen LogP contribution in [0.25, 0.3) is 10.6 Å². The zero-order valence-electron chi connectivity index (χ0n) is 16.4. The molecule has 2 aromatic carbocycles. The Balaban J connectivity index is 1.43. The van der Waals surface area contributed by atoms with Gasteiger partial charge in [-0.25, -0.2) is 9.37 Å². The van der Waals surface area contributed by atoms with E-state index in [0.29, 0.717) is 17.8 Å². The number of carbonyl (C=O) groups is 1. The van der Waals surface area contributed by atoms with Gasteiger partial charge >= 0.3 is 0 Å². The predicted octanol–water partition coefficient (Wildman–Crippen LogP) is 4.26. The summed E-state index contributed by atoms with van der Waals surface area (Å²) in [6, 6.07) is 12.6. The molecule has 1 aliphatic rings. The molecule has 0 atom stereocenters. The van der Waals surface area contributed by atoms with Crippen molar-refractivity contribution in [3.63, 3.8) is 0 Å². The maximum atomic E-state index is 13.7. The van der Waals surface area contributed by atoms with Crippen molar-refractivity contribution >= 4 is 22.9 Å². The molecule has 150 valence electrons. The van der Waals surface area contributed by atoms with Crippen molar-refractivity contribution in [1.82, 2.24) is 9.88 Å². The Morgan fingerprint density at radius 3 is 2.97 bits per heavy atom. The summed E-state index contributed by atoms with van der Waals surface area (Å²) >= 11 is 1.66. The van der Waals surface area contributed by atoms with Gasteiger partial charge in [-0.15, -0.1) is 11.3 Å². The van der Waals surface area contributed by atoms with Crippen LogP contribution in [0.1, 0.15) is 16.1 Å². The Morgan fingerprint density at radius 1 is 1.31 bits per heavy atom. The van der Waals surface area contributed by atoms with Crippen molar-refractivity contribution in [2.75, 3.05) is 25.5 Å². The van der Waals surface area contributed by atoms with E-state index in [4.69, 9.17) is 9.72 Å². The molecule has 0 saturated heterocycles. The number of nitrogens with zero attached hydrogens (tertiary/aromatic N) is 2. The van der Waals surface area contributed by atoms with E-state index in [1.807, 2.05) is 24.3 Å². The minimum atomic E-state index is -0.319. The van der Waals surface area contributed by atoms with Gasteiger partial charge in [-0.2, -0.15) is 0 Å². The lowest BCUT2D eigenvalue weighted by atomic mass is 10.1. The summed E-state index contributed by atoms with van der Waals surface area (Å²) in [5, 5.41) is 3.79. The first kappa shape index (κ1) is 19.5. The first-order valence-corrected chi connectivity index (χ1v) is 10.3. The topological polar surface area (TPSA) is 54.5 Å². The van der Waals surface area contributed by atoms with Gasteiger partial charge in [0.15, 0.2) is 0 Å². The van der Waals surface area contributed by atoms with Gasteiger partial charge in [0, 0.05) is 41.2 Å². The second-order valence-electron chi connectivity index (χ2n) is 7.04. The third-order valence-corrected chi connectivity index (χ3v) is 6.17. The average Bonchev–Trinajstić information content (AvgIpc) is 3.15. The number of hydrogen-bond acceptors (Lipinski definition) is 5. The monoisotopic (exact) mass is 411 g/mol. The van der Waals surface area contributed by atoms with E-state index in [9.17, 15) is 9.18 Å². The van der Waals surface area contributed by atoms with Crippen LogP contribution >= 0.6 is 11.3 Å². The highest BCUT2D eigenvalue weighted by Crippen LogP contribution is 2.33. The molecule has 0 aliphatic carbocycles. The quantitative estimate of drug-likeness (QED) is 0.682.